The van der Waals surface area contributed by atoms with Gasteiger partial charge in [0.1, 0.15) is 0 Å². The quantitative estimate of drug-likeness (QED) is 0.901. The highest BCUT2D eigenvalue weighted by molar-refractivity contribution is 6.33. The second-order valence-corrected chi connectivity index (χ2v) is 5.31. The molecular formula is C11H16Cl2N4. The van der Waals surface area contributed by atoms with E-state index in [4.69, 9.17) is 23.2 Å². The van der Waals surface area contributed by atoms with E-state index in [1.807, 2.05) is 0 Å². The van der Waals surface area contributed by atoms with Crippen LogP contribution in [-0.4, -0.2) is 40.8 Å². The van der Waals surface area contributed by atoms with E-state index in [0.717, 1.165) is 25.1 Å². The molecule has 0 amide bonds. The van der Waals surface area contributed by atoms with Gasteiger partial charge in [-0.3, -0.25) is 0 Å². The van der Waals surface area contributed by atoms with E-state index in [1.165, 1.54) is 0 Å². The van der Waals surface area contributed by atoms with Crippen LogP contribution in [0.2, 0.25) is 10.3 Å². The summed E-state index contributed by atoms with van der Waals surface area (Å²) >= 11 is 11.8. The lowest BCUT2D eigenvalue weighted by Crippen LogP contribution is -2.42. The van der Waals surface area contributed by atoms with E-state index in [1.54, 1.807) is 6.07 Å². The summed E-state index contributed by atoms with van der Waals surface area (Å²) in [4.78, 5) is 2.36. The highest BCUT2D eigenvalue weighted by atomic mass is 35.5. The Labute approximate surface area is 111 Å². The van der Waals surface area contributed by atoms with Crippen LogP contribution in [0.1, 0.15) is 19.8 Å². The van der Waals surface area contributed by atoms with Crippen LogP contribution in [0.3, 0.4) is 0 Å². The Kier molecular flexibility index (Phi) is 4.07. The van der Waals surface area contributed by atoms with E-state index in [-0.39, 0.29) is 0 Å². The summed E-state index contributed by atoms with van der Waals surface area (Å²) in [5, 5.41) is 11.6. The fourth-order valence-electron chi connectivity index (χ4n) is 2.09. The van der Waals surface area contributed by atoms with Crippen molar-refractivity contribution >= 4 is 28.9 Å². The minimum Gasteiger partial charge on any atom is -0.380 e. The first-order valence-corrected chi connectivity index (χ1v) is 6.47. The molecule has 0 spiro atoms. The number of aromatic nitrogens is 2. The topological polar surface area (TPSA) is 41.1 Å². The maximum Gasteiger partial charge on any atom is 0.174 e. The molecule has 6 heteroatoms. The molecule has 0 aromatic carbocycles. The van der Waals surface area contributed by atoms with Crippen LogP contribution < -0.4 is 5.32 Å². The van der Waals surface area contributed by atoms with Crippen LogP contribution in [0.15, 0.2) is 6.07 Å². The molecule has 2 unspecified atom stereocenters. The van der Waals surface area contributed by atoms with E-state index in [2.05, 4.69) is 34.4 Å². The lowest BCUT2D eigenvalue weighted by Gasteiger charge is -2.35. The number of anilines is 1. The molecule has 1 fully saturated rings. The van der Waals surface area contributed by atoms with Crippen molar-refractivity contribution in [1.82, 2.24) is 15.1 Å². The number of nitrogens with one attached hydrogen (secondary N) is 1. The van der Waals surface area contributed by atoms with Gasteiger partial charge in [0, 0.05) is 24.7 Å². The summed E-state index contributed by atoms with van der Waals surface area (Å²) in [7, 11) is 2.15. The van der Waals surface area contributed by atoms with Crippen LogP contribution in [-0.2, 0) is 0 Å². The third-order valence-corrected chi connectivity index (χ3v) is 3.75. The van der Waals surface area contributed by atoms with Crippen molar-refractivity contribution in [2.24, 2.45) is 0 Å². The molecule has 1 aliphatic heterocycles. The first-order valence-electron chi connectivity index (χ1n) is 5.71. The molecule has 4 nitrogen and oxygen atoms in total. The smallest absolute Gasteiger partial charge is 0.174 e. The largest absolute Gasteiger partial charge is 0.380 e. The Hall–Kier alpha value is -0.580. The molecule has 2 heterocycles. The lowest BCUT2D eigenvalue weighted by molar-refractivity contribution is 0.190. The SMILES string of the molecule is CC1CC(Nc2cc(Cl)nnc2Cl)CCN1C. The van der Waals surface area contributed by atoms with E-state index in [0.29, 0.717) is 22.4 Å². The molecular weight excluding hydrogens is 259 g/mol. The maximum atomic E-state index is 5.98. The Morgan fingerprint density at radius 3 is 2.88 bits per heavy atom. The highest BCUT2D eigenvalue weighted by Crippen LogP contribution is 2.25. The molecule has 1 aliphatic rings. The number of likely N-dealkylation sites (tertiary alicyclic amines) is 1. The predicted octanol–water partition coefficient (Wildman–Crippen LogP) is 2.68. The minimum absolute atomic E-state index is 0.359. The average molecular weight is 275 g/mol. The third kappa shape index (κ3) is 3.21. The number of hydrogen-bond donors (Lipinski definition) is 1. The molecule has 0 radical (unpaired) electrons. The molecule has 1 aromatic heterocycles. The number of rotatable bonds is 2. The number of nitrogens with zero attached hydrogens (tertiary/aromatic N) is 3. The zero-order chi connectivity index (χ0) is 12.4. The molecule has 1 N–H and O–H groups in total. The predicted molar refractivity (Wildman–Crippen MR) is 70.8 cm³/mol. The minimum atomic E-state index is 0.359. The van der Waals surface area contributed by atoms with Gasteiger partial charge in [0.05, 0.1) is 5.69 Å². The molecule has 1 saturated heterocycles. The van der Waals surface area contributed by atoms with Gasteiger partial charge in [-0.25, -0.2) is 0 Å². The summed E-state index contributed by atoms with van der Waals surface area (Å²) in [5.74, 6) is 0. The van der Waals surface area contributed by atoms with Crippen molar-refractivity contribution in [1.29, 1.82) is 0 Å². The van der Waals surface area contributed by atoms with E-state index >= 15 is 0 Å². The first-order chi connectivity index (χ1) is 8.06. The van der Waals surface area contributed by atoms with Gasteiger partial charge in [-0.15, -0.1) is 10.2 Å². The maximum absolute atomic E-state index is 5.98. The van der Waals surface area contributed by atoms with Gasteiger partial charge in [-0.2, -0.15) is 0 Å². The Balaban J connectivity index is 2.03. The van der Waals surface area contributed by atoms with Crippen LogP contribution in [0.4, 0.5) is 5.69 Å². The van der Waals surface area contributed by atoms with Crippen molar-refractivity contribution in [2.75, 3.05) is 18.9 Å². The Morgan fingerprint density at radius 1 is 1.41 bits per heavy atom. The van der Waals surface area contributed by atoms with Gasteiger partial charge in [0.2, 0.25) is 0 Å². The zero-order valence-corrected chi connectivity index (χ0v) is 11.5. The van der Waals surface area contributed by atoms with Gasteiger partial charge in [-0.05, 0) is 26.8 Å². The van der Waals surface area contributed by atoms with Crippen LogP contribution in [0, 0.1) is 0 Å². The summed E-state index contributed by atoms with van der Waals surface area (Å²) in [5.41, 5.74) is 0.772. The molecule has 0 bridgehead atoms. The third-order valence-electron chi connectivity index (χ3n) is 3.29. The van der Waals surface area contributed by atoms with Gasteiger partial charge in [0.25, 0.3) is 0 Å². The van der Waals surface area contributed by atoms with Gasteiger partial charge in [-0.1, -0.05) is 23.2 Å². The van der Waals surface area contributed by atoms with E-state index < -0.39 is 0 Å². The molecule has 94 valence electrons. The summed E-state index contributed by atoms with van der Waals surface area (Å²) in [6.07, 6.45) is 2.18. The van der Waals surface area contributed by atoms with Crippen molar-refractivity contribution in [2.45, 2.75) is 31.8 Å². The Bertz CT molecular complexity index is 399. The van der Waals surface area contributed by atoms with Gasteiger partial charge in [0.15, 0.2) is 10.3 Å². The summed E-state index contributed by atoms with van der Waals surface area (Å²) < 4.78 is 0. The number of halogens is 2. The highest BCUT2D eigenvalue weighted by Gasteiger charge is 2.23. The number of hydrogen-bond acceptors (Lipinski definition) is 4. The van der Waals surface area contributed by atoms with Crippen LogP contribution >= 0.6 is 23.2 Å². The molecule has 0 aliphatic carbocycles. The number of piperidine rings is 1. The summed E-state index contributed by atoms with van der Waals surface area (Å²) in [6.45, 7) is 3.32. The van der Waals surface area contributed by atoms with Crippen molar-refractivity contribution in [3.8, 4) is 0 Å². The van der Waals surface area contributed by atoms with Gasteiger partial charge < -0.3 is 10.2 Å². The fourth-order valence-corrected chi connectivity index (χ4v) is 2.39. The Morgan fingerprint density at radius 2 is 2.18 bits per heavy atom. The molecule has 2 rings (SSSR count). The summed E-state index contributed by atoms with van der Waals surface area (Å²) in [6, 6.07) is 2.71. The standard InChI is InChI=1S/C11H16Cl2N4/c1-7-5-8(3-4-17(7)2)14-9-6-10(12)15-16-11(9)13/h6-8H,3-5H2,1-2H3,(H,14,15). The van der Waals surface area contributed by atoms with Crippen molar-refractivity contribution in [3.63, 3.8) is 0 Å². The molecule has 0 saturated carbocycles. The monoisotopic (exact) mass is 274 g/mol. The molecule has 17 heavy (non-hydrogen) atoms. The lowest BCUT2D eigenvalue weighted by atomic mass is 9.99. The van der Waals surface area contributed by atoms with Gasteiger partial charge >= 0.3 is 0 Å². The fraction of sp³-hybridized carbons (Fsp3) is 0.636. The van der Waals surface area contributed by atoms with Crippen molar-refractivity contribution in [3.05, 3.63) is 16.4 Å². The second-order valence-electron chi connectivity index (χ2n) is 4.57. The second kappa shape index (κ2) is 5.38. The zero-order valence-electron chi connectivity index (χ0n) is 9.95. The van der Waals surface area contributed by atoms with E-state index in [9.17, 15) is 0 Å². The first kappa shape index (κ1) is 12.9. The average Bonchev–Trinajstić information content (AvgIpc) is 2.29. The van der Waals surface area contributed by atoms with Crippen molar-refractivity contribution < 1.29 is 0 Å². The normalized spacial score (nSPS) is 25.9. The molecule has 2 atom stereocenters. The van der Waals surface area contributed by atoms with Crippen LogP contribution in [0.5, 0.6) is 0 Å². The van der Waals surface area contributed by atoms with Crippen LogP contribution in [0.25, 0.3) is 0 Å². The molecule has 1 aromatic rings.